The number of carbonyl (C=O) groups excluding carboxylic acids is 2. The highest BCUT2D eigenvalue weighted by Gasteiger charge is 2.25. The molecule has 0 aromatic rings. The fraction of sp³-hybridized carbons (Fsp3) is 0.700. The molecule has 0 aliphatic carbocycles. The molecule has 1 heterocycles. The molecule has 0 bridgehead atoms. The number of nitrogens with one attached hydrogen (secondary N) is 2. The minimum atomic E-state index is -1.27. The summed E-state index contributed by atoms with van der Waals surface area (Å²) in [7, 11) is 0. The molecule has 1 aliphatic rings. The number of carboxylic acid groups (broad SMARTS) is 1. The molecule has 8 heteroatoms. The summed E-state index contributed by atoms with van der Waals surface area (Å²) in [6, 6.07) is -1.75. The highest BCUT2D eigenvalue weighted by molar-refractivity contribution is 5.87. The van der Waals surface area contributed by atoms with Crippen molar-refractivity contribution >= 4 is 17.9 Å². The average Bonchev–Trinajstić information content (AvgIpc) is 2.55. The van der Waals surface area contributed by atoms with Crippen LogP contribution in [0.2, 0.25) is 0 Å². The van der Waals surface area contributed by atoms with E-state index in [1.54, 1.807) is 0 Å². The van der Waals surface area contributed by atoms with Crippen LogP contribution in [0.25, 0.3) is 0 Å². The lowest BCUT2D eigenvalue weighted by Gasteiger charge is -2.22. The van der Waals surface area contributed by atoms with Gasteiger partial charge in [0.25, 0.3) is 0 Å². The lowest BCUT2D eigenvalue weighted by Crippen LogP contribution is -2.50. The first-order chi connectivity index (χ1) is 8.50. The Hall–Kier alpha value is -1.83. The van der Waals surface area contributed by atoms with Crippen molar-refractivity contribution in [2.75, 3.05) is 26.2 Å². The Labute approximate surface area is 104 Å². The third-order valence-electron chi connectivity index (χ3n) is 2.63. The second-order valence-corrected chi connectivity index (χ2v) is 4.10. The van der Waals surface area contributed by atoms with Crippen molar-refractivity contribution in [1.82, 2.24) is 15.5 Å². The number of carbonyl (C=O) groups is 3. The molecule has 8 nitrogen and oxygen atoms in total. The lowest BCUT2D eigenvalue weighted by atomic mass is 10.2. The van der Waals surface area contributed by atoms with Crippen LogP contribution < -0.4 is 16.4 Å². The van der Waals surface area contributed by atoms with Crippen LogP contribution in [0.3, 0.4) is 0 Å². The van der Waals surface area contributed by atoms with Crippen molar-refractivity contribution in [2.45, 2.75) is 18.9 Å². The van der Waals surface area contributed by atoms with Crippen LogP contribution in [-0.2, 0) is 9.59 Å². The third kappa shape index (κ3) is 4.58. The number of primary amides is 1. The molecule has 18 heavy (non-hydrogen) atoms. The largest absolute Gasteiger partial charge is 0.480 e. The van der Waals surface area contributed by atoms with Gasteiger partial charge in [0.15, 0.2) is 0 Å². The van der Waals surface area contributed by atoms with Gasteiger partial charge in [-0.1, -0.05) is 0 Å². The summed E-state index contributed by atoms with van der Waals surface area (Å²) in [5, 5.41) is 14.3. The molecule has 0 saturated carbocycles. The number of hydrogen-bond acceptors (Lipinski definition) is 4. The molecule has 0 spiro atoms. The number of hydrogen-bond donors (Lipinski definition) is 4. The maximum absolute atomic E-state index is 11.8. The highest BCUT2D eigenvalue weighted by atomic mass is 16.4. The van der Waals surface area contributed by atoms with E-state index < -0.39 is 30.4 Å². The second-order valence-electron chi connectivity index (χ2n) is 4.10. The first-order valence-electron chi connectivity index (χ1n) is 5.78. The van der Waals surface area contributed by atoms with Gasteiger partial charge in [-0.05, 0) is 13.0 Å². The average molecular weight is 258 g/mol. The Morgan fingerprint density at radius 2 is 2.06 bits per heavy atom. The number of rotatable bonds is 4. The summed E-state index contributed by atoms with van der Waals surface area (Å²) in [5.41, 5.74) is 4.93. The quantitative estimate of drug-likeness (QED) is 0.479. The van der Waals surface area contributed by atoms with Crippen LogP contribution in [0.4, 0.5) is 4.79 Å². The molecule has 0 unspecified atom stereocenters. The van der Waals surface area contributed by atoms with Gasteiger partial charge in [-0.2, -0.15) is 0 Å². The molecule has 5 N–H and O–H groups in total. The molecule has 1 saturated heterocycles. The number of amides is 3. The SMILES string of the molecule is NC(=O)C[C@@H](NC(=O)N1CCCNCC1)C(=O)O. The molecular weight excluding hydrogens is 240 g/mol. The molecule has 102 valence electrons. The predicted octanol–water partition coefficient (Wildman–Crippen LogP) is -1.68. The Kier molecular flexibility index (Phi) is 5.37. The Bertz CT molecular complexity index is 326. The van der Waals surface area contributed by atoms with Crippen LogP contribution in [0.5, 0.6) is 0 Å². The second kappa shape index (κ2) is 6.80. The van der Waals surface area contributed by atoms with Crippen molar-refractivity contribution in [1.29, 1.82) is 0 Å². The highest BCUT2D eigenvalue weighted by Crippen LogP contribution is 1.99. The summed E-state index contributed by atoms with van der Waals surface area (Å²) < 4.78 is 0. The molecular formula is C10H18N4O4. The Morgan fingerprint density at radius 1 is 1.33 bits per heavy atom. The van der Waals surface area contributed by atoms with E-state index in [2.05, 4.69) is 10.6 Å². The molecule has 0 aromatic heterocycles. The van der Waals surface area contributed by atoms with Gasteiger partial charge in [-0.25, -0.2) is 9.59 Å². The van der Waals surface area contributed by atoms with Crippen LogP contribution >= 0.6 is 0 Å². The summed E-state index contributed by atoms with van der Waals surface area (Å²) in [4.78, 5) is 34.9. The number of carboxylic acids is 1. The maximum Gasteiger partial charge on any atom is 0.326 e. The van der Waals surface area contributed by atoms with Gasteiger partial charge >= 0.3 is 12.0 Å². The van der Waals surface area contributed by atoms with Crippen molar-refractivity contribution in [2.24, 2.45) is 5.73 Å². The molecule has 1 fully saturated rings. The molecule has 1 aliphatic heterocycles. The van der Waals surface area contributed by atoms with Gasteiger partial charge < -0.3 is 26.4 Å². The zero-order valence-electron chi connectivity index (χ0n) is 10.0. The number of nitrogens with two attached hydrogens (primary N) is 1. The predicted molar refractivity (Wildman–Crippen MR) is 62.8 cm³/mol. The van der Waals surface area contributed by atoms with Gasteiger partial charge in [-0.3, -0.25) is 4.79 Å². The Balaban J connectivity index is 2.53. The van der Waals surface area contributed by atoms with E-state index in [0.29, 0.717) is 19.6 Å². The van der Waals surface area contributed by atoms with Crippen molar-refractivity contribution in [3.63, 3.8) is 0 Å². The first kappa shape index (κ1) is 14.2. The van der Waals surface area contributed by atoms with E-state index in [4.69, 9.17) is 10.8 Å². The third-order valence-corrected chi connectivity index (χ3v) is 2.63. The summed E-state index contributed by atoms with van der Waals surface area (Å²) in [5.74, 6) is -2.03. The molecule has 3 amide bonds. The molecule has 0 aromatic carbocycles. The lowest BCUT2D eigenvalue weighted by molar-refractivity contribution is -0.140. The van der Waals surface area contributed by atoms with E-state index >= 15 is 0 Å². The topological polar surface area (TPSA) is 125 Å². The van der Waals surface area contributed by atoms with Gasteiger partial charge in [-0.15, -0.1) is 0 Å². The maximum atomic E-state index is 11.8. The van der Waals surface area contributed by atoms with Crippen molar-refractivity contribution < 1.29 is 19.5 Å². The van der Waals surface area contributed by atoms with Crippen molar-refractivity contribution in [3.8, 4) is 0 Å². The monoisotopic (exact) mass is 258 g/mol. The van der Waals surface area contributed by atoms with E-state index in [-0.39, 0.29) is 0 Å². The minimum Gasteiger partial charge on any atom is -0.480 e. The zero-order chi connectivity index (χ0) is 13.5. The fourth-order valence-electron chi connectivity index (χ4n) is 1.69. The zero-order valence-corrected chi connectivity index (χ0v) is 10.0. The summed E-state index contributed by atoms with van der Waals surface area (Å²) in [6.07, 6.45) is 0.397. The van der Waals surface area contributed by atoms with Crippen molar-refractivity contribution in [3.05, 3.63) is 0 Å². The normalized spacial score (nSPS) is 17.7. The fourth-order valence-corrected chi connectivity index (χ4v) is 1.69. The van der Waals surface area contributed by atoms with Gasteiger partial charge in [0.2, 0.25) is 5.91 Å². The van der Waals surface area contributed by atoms with E-state index in [1.807, 2.05) is 0 Å². The van der Waals surface area contributed by atoms with E-state index in [0.717, 1.165) is 13.0 Å². The van der Waals surface area contributed by atoms with Gasteiger partial charge in [0, 0.05) is 19.6 Å². The summed E-state index contributed by atoms with van der Waals surface area (Å²) in [6.45, 7) is 2.56. The minimum absolute atomic E-state index is 0.410. The number of aliphatic carboxylic acids is 1. The standard InChI is InChI=1S/C10H18N4O4/c11-8(15)6-7(9(16)17)13-10(18)14-4-1-2-12-3-5-14/h7,12H,1-6H2,(H2,11,15)(H,13,18)(H,16,17)/t7-/m1/s1. The molecule has 1 atom stereocenters. The van der Waals surface area contributed by atoms with E-state index in [9.17, 15) is 14.4 Å². The number of nitrogens with zero attached hydrogens (tertiary/aromatic N) is 1. The number of urea groups is 1. The van der Waals surface area contributed by atoms with Gasteiger partial charge in [0.05, 0.1) is 6.42 Å². The van der Waals surface area contributed by atoms with Crippen LogP contribution in [0, 0.1) is 0 Å². The van der Waals surface area contributed by atoms with Gasteiger partial charge in [0.1, 0.15) is 6.04 Å². The first-order valence-corrected chi connectivity index (χ1v) is 5.78. The summed E-state index contributed by atoms with van der Waals surface area (Å²) >= 11 is 0. The van der Waals surface area contributed by atoms with Crippen LogP contribution in [0.1, 0.15) is 12.8 Å². The molecule has 0 radical (unpaired) electrons. The molecule has 1 rings (SSSR count). The van der Waals surface area contributed by atoms with Crippen LogP contribution in [-0.4, -0.2) is 60.1 Å². The smallest absolute Gasteiger partial charge is 0.326 e. The van der Waals surface area contributed by atoms with Crippen LogP contribution in [0.15, 0.2) is 0 Å². The Morgan fingerprint density at radius 3 is 2.67 bits per heavy atom. The van der Waals surface area contributed by atoms with E-state index in [1.165, 1.54) is 4.90 Å².